The molecule has 0 atom stereocenters. The smallest absolute Gasteiger partial charge is 0.0411 e. The summed E-state index contributed by atoms with van der Waals surface area (Å²) < 4.78 is 1.27. The van der Waals surface area contributed by atoms with Gasteiger partial charge in [0.05, 0.1) is 0 Å². The van der Waals surface area contributed by atoms with Crippen molar-refractivity contribution in [3.05, 3.63) is 33.4 Å². The van der Waals surface area contributed by atoms with Crippen LogP contribution in [0.1, 0.15) is 18.4 Å². The second-order valence-electron chi connectivity index (χ2n) is 3.16. The average molecular weight is 296 g/mol. The predicted molar refractivity (Wildman–Crippen MR) is 61.5 cm³/mol. The number of hydrogen-bond acceptors (Lipinski definition) is 1. The molecule has 0 bridgehead atoms. The first-order valence-corrected chi connectivity index (χ1v) is 4.83. The summed E-state index contributed by atoms with van der Waals surface area (Å²) in [7, 11) is 0. The van der Waals surface area contributed by atoms with Gasteiger partial charge in [0.2, 0.25) is 0 Å². The van der Waals surface area contributed by atoms with Gasteiger partial charge in [-0.1, -0.05) is 12.1 Å². The zero-order chi connectivity index (χ0) is 7.90. The Kier molecular flexibility index (Phi) is 3.01. The maximum Gasteiger partial charge on any atom is 0.0411 e. The quantitative estimate of drug-likeness (QED) is 0.792. The molecule has 0 aromatic heterocycles. The SMILES string of the molecule is Cl.NC1(c2ccc(I)cc2)CC1. The van der Waals surface area contributed by atoms with E-state index in [1.54, 1.807) is 0 Å². The average Bonchev–Trinajstić information content (AvgIpc) is 2.70. The second kappa shape index (κ2) is 3.52. The Morgan fingerprint density at radius 1 is 1.17 bits per heavy atom. The number of hydrogen-bond donors (Lipinski definition) is 1. The van der Waals surface area contributed by atoms with Crippen molar-refractivity contribution >= 4 is 35.0 Å². The van der Waals surface area contributed by atoms with Gasteiger partial charge < -0.3 is 5.73 Å². The van der Waals surface area contributed by atoms with Crippen molar-refractivity contribution in [3.8, 4) is 0 Å². The molecule has 2 N–H and O–H groups in total. The maximum atomic E-state index is 6.02. The first-order valence-electron chi connectivity index (χ1n) is 3.76. The highest BCUT2D eigenvalue weighted by Crippen LogP contribution is 2.42. The van der Waals surface area contributed by atoms with E-state index in [9.17, 15) is 0 Å². The highest BCUT2D eigenvalue weighted by atomic mass is 127. The molecule has 0 saturated heterocycles. The first kappa shape index (κ1) is 10.3. The molecule has 0 radical (unpaired) electrons. The van der Waals surface area contributed by atoms with Crippen LogP contribution in [0.4, 0.5) is 0 Å². The second-order valence-corrected chi connectivity index (χ2v) is 4.41. The van der Waals surface area contributed by atoms with Crippen molar-refractivity contribution in [2.75, 3.05) is 0 Å². The molecule has 1 aliphatic rings. The molecule has 66 valence electrons. The maximum absolute atomic E-state index is 6.02. The van der Waals surface area contributed by atoms with Gasteiger partial charge in [-0.3, -0.25) is 0 Å². The predicted octanol–water partition coefficient (Wildman–Crippen LogP) is 2.66. The summed E-state index contributed by atoms with van der Waals surface area (Å²) in [4.78, 5) is 0. The minimum atomic E-state index is 0. The molecule has 1 fully saturated rings. The molecule has 0 heterocycles. The van der Waals surface area contributed by atoms with Gasteiger partial charge in [-0.05, 0) is 53.1 Å². The molecule has 0 unspecified atom stereocenters. The number of rotatable bonds is 1. The largest absolute Gasteiger partial charge is 0.321 e. The summed E-state index contributed by atoms with van der Waals surface area (Å²) >= 11 is 2.30. The van der Waals surface area contributed by atoms with Crippen LogP contribution in [0.2, 0.25) is 0 Å². The third kappa shape index (κ3) is 1.92. The molecule has 0 spiro atoms. The van der Waals surface area contributed by atoms with Crippen molar-refractivity contribution in [2.45, 2.75) is 18.4 Å². The fourth-order valence-electron chi connectivity index (χ4n) is 1.21. The van der Waals surface area contributed by atoms with E-state index < -0.39 is 0 Å². The van der Waals surface area contributed by atoms with E-state index in [-0.39, 0.29) is 17.9 Å². The number of benzene rings is 1. The number of nitrogens with two attached hydrogens (primary N) is 1. The lowest BCUT2D eigenvalue weighted by molar-refractivity contribution is 0.740. The van der Waals surface area contributed by atoms with Crippen LogP contribution in [-0.2, 0) is 5.54 Å². The molecule has 1 aromatic carbocycles. The third-order valence-corrected chi connectivity index (χ3v) is 2.93. The Morgan fingerprint density at radius 2 is 1.67 bits per heavy atom. The molecule has 1 aromatic rings. The molecule has 12 heavy (non-hydrogen) atoms. The van der Waals surface area contributed by atoms with Gasteiger partial charge in [0.1, 0.15) is 0 Å². The van der Waals surface area contributed by atoms with E-state index in [0.29, 0.717) is 0 Å². The van der Waals surface area contributed by atoms with E-state index in [1.807, 2.05) is 0 Å². The van der Waals surface area contributed by atoms with Gasteiger partial charge in [0, 0.05) is 9.11 Å². The van der Waals surface area contributed by atoms with Crippen LogP contribution in [0.25, 0.3) is 0 Å². The zero-order valence-electron chi connectivity index (χ0n) is 6.59. The highest BCUT2D eigenvalue weighted by molar-refractivity contribution is 14.1. The Labute approximate surface area is 92.3 Å². The Morgan fingerprint density at radius 3 is 2.08 bits per heavy atom. The van der Waals surface area contributed by atoms with E-state index in [1.165, 1.54) is 9.13 Å². The van der Waals surface area contributed by atoms with Crippen LogP contribution in [0.15, 0.2) is 24.3 Å². The van der Waals surface area contributed by atoms with Crippen LogP contribution < -0.4 is 5.73 Å². The summed E-state index contributed by atoms with van der Waals surface area (Å²) in [5.41, 5.74) is 7.34. The van der Waals surface area contributed by atoms with Crippen LogP contribution in [-0.4, -0.2) is 0 Å². The minimum Gasteiger partial charge on any atom is -0.321 e. The van der Waals surface area contributed by atoms with Crippen LogP contribution in [0, 0.1) is 3.57 Å². The number of halogens is 2. The topological polar surface area (TPSA) is 26.0 Å². The van der Waals surface area contributed by atoms with Crippen molar-refractivity contribution in [2.24, 2.45) is 5.73 Å². The standard InChI is InChI=1S/C9H10IN.ClH/c10-8-3-1-7(2-4-8)9(11)5-6-9;/h1-4H,5-6,11H2;1H. The van der Waals surface area contributed by atoms with Crippen molar-refractivity contribution in [3.63, 3.8) is 0 Å². The minimum absolute atomic E-state index is 0. The molecule has 1 aliphatic carbocycles. The van der Waals surface area contributed by atoms with Gasteiger partial charge in [-0.2, -0.15) is 0 Å². The molecule has 0 aliphatic heterocycles. The van der Waals surface area contributed by atoms with Crippen molar-refractivity contribution < 1.29 is 0 Å². The van der Waals surface area contributed by atoms with Gasteiger partial charge in [0.15, 0.2) is 0 Å². The van der Waals surface area contributed by atoms with Gasteiger partial charge >= 0.3 is 0 Å². The first-order chi connectivity index (χ1) is 5.21. The fraction of sp³-hybridized carbons (Fsp3) is 0.333. The Balaban J connectivity index is 0.000000720. The lowest BCUT2D eigenvalue weighted by atomic mass is 10.1. The van der Waals surface area contributed by atoms with E-state index in [0.717, 1.165) is 12.8 Å². The summed E-state index contributed by atoms with van der Waals surface area (Å²) in [6.45, 7) is 0. The van der Waals surface area contributed by atoms with Crippen molar-refractivity contribution in [1.29, 1.82) is 0 Å². The van der Waals surface area contributed by atoms with Crippen LogP contribution >= 0.6 is 35.0 Å². The highest BCUT2D eigenvalue weighted by Gasteiger charge is 2.39. The summed E-state index contributed by atoms with van der Waals surface area (Å²) in [6, 6.07) is 8.50. The lowest BCUT2D eigenvalue weighted by Gasteiger charge is -2.07. The molecule has 2 rings (SSSR count). The zero-order valence-corrected chi connectivity index (χ0v) is 9.56. The van der Waals surface area contributed by atoms with Crippen molar-refractivity contribution in [1.82, 2.24) is 0 Å². The molecule has 0 amide bonds. The van der Waals surface area contributed by atoms with Crippen LogP contribution in [0.3, 0.4) is 0 Å². The molecular formula is C9H11ClIN. The monoisotopic (exact) mass is 295 g/mol. The third-order valence-electron chi connectivity index (χ3n) is 2.21. The lowest BCUT2D eigenvalue weighted by Crippen LogP contribution is -2.18. The van der Waals surface area contributed by atoms with E-state index >= 15 is 0 Å². The molecule has 1 saturated carbocycles. The summed E-state index contributed by atoms with van der Waals surface area (Å²) in [5, 5.41) is 0. The molecule has 1 nitrogen and oxygen atoms in total. The normalized spacial score (nSPS) is 18.2. The van der Waals surface area contributed by atoms with E-state index in [2.05, 4.69) is 46.9 Å². The Hall–Kier alpha value is 0.200. The van der Waals surface area contributed by atoms with Gasteiger partial charge in [0.25, 0.3) is 0 Å². The van der Waals surface area contributed by atoms with Gasteiger partial charge in [-0.15, -0.1) is 12.4 Å². The molecular weight excluding hydrogens is 284 g/mol. The Bertz CT molecular complexity index is 266. The van der Waals surface area contributed by atoms with E-state index in [4.69, 9.17) is 5.73 Å². The summed E-state index contributed by atoms with van der Waals surface area (Å²) in [5.74, 6) is 0. The van der Waals surface area contributed by atoms with Gasteiger partial charge in [-0.25, -0.2) is 0 Å². The van der Waals surface area contributed by atoms with Crippen LogP contribution in [0.5, 0.6) is 0 Å². The fourth-order valence-corrected chi connectivity index (χ4v) is 1.56. The molecule has 3 heteroatoms. The summed E-state index contributed by atoms with van der Waals surface area (Å²) in [6.07, 6.45) is 2.29.